The van der Waals surface area contributed by atoms with Crippen LogP contribution in [0.4, 0.5) is 0 Å². The first kappa shape index (κ1) is 13.7. The predicted octanol–water partition coefficient (Wildman–Crippen LogP) is 1.86. The number of allylic oxidation sites excluding steroid dienone is 1. The van der Waals surface area contributed by atoms with E-state index >= 15 is 0 Å². The molecule has 1 aliphatic carbocycles. The van der Waals surface area contributed by atoms with Crippen molar-refractivity contribution in [2.24, 2.45) is 0 Å². The van der Waals surface area contributed by atoms with E-state index in [0.29, 0.717) is 0 Å². The minimum atomic E-state index is -0.625. The van der Waals surface area contributed by atoms with E-state index in [0.717, 1.165) is 39.0 Å². The third-order valence-electron chi connectivity index (χ3n) is 3.25. The SMILES string of the molecule is COCCNCCC(C)(O)C1=CCCCC1. The van der Waals surface area contributed by atoms with E-state index in [1.165, 1.54) is 18.4 Å². The Bertz CT molecular complexity index is 224. The van der Waals surface area contributed by atoms with Crippen molar-refractivity contribution in [2.45, 2.75) is 44.6 Å². The second-order valence-electron chi connectivity index (χ2n) is 4.74. The highest BCUT2D eigenvalue weighted by Gasteiger charge is 2.25. The first-order valence-electron chi connectivity index (χ1n) is 6.28. The molecule has 0 bridgehead atoms. The lowest BCUT2D eigenvalue weighted by Gasteiger charge is -2.29. The highest BCUT2D eigenvalue weighted by molar-refractivity contribution is 5.17. The van der Waals surface area contributed by atoms with Crippen molar-refractivity contribution >= 4 is 0 Å². The molecule has 94 valence electrons. The topological polar surface area (TPSA) is 41.5 Å². The molecule has 0 heterocycles. The van der Waals surface area contributed by atoms with Gasteiger partial charge < -0.3 is 15.2 Å². The van der Waals surface area contributed by atoms with Crippen molar-refractivity contribution in [1.82, 2.24) is 5.32 Å². The first-order chi connectivity index (χ1) is 7.67. The quantitative estimate of drug-likeness (QED) is 0.515. The molecule has 3 nitrogen and oxygen atoms in total. The molecule has 1 rings (SSSR count). The zero-order valence-electron chi connectivity index (χ0n) is 10.6. The van der Waals surface area contributed by atoms with Crippen LogP contribution in [0.25, 0.3) is 0 Å². The number of aliphatic hydroxyl groups is 1. The Morgan fingerprint density at radius 2 is 2.25 bits per heavy atom. The van der Waals surface area contributed by atoms with Gasteiger partial charge in [0.05, 0.1) is 12.2 Å². The fourth-order valence-electron chi connectivity index (χ4n) is 2.12. The molecule has 1 atom stereocenters. The maximum atomic E-state index is 10.4. The summed E-state index contributed by atoms with van der Waals surface area (Å²) in [7, 11) is 1.70. The van der Waals surface area contributed by atoms with Crippen molar-refractivity contribution in [1.29, 1.82) is 0 Å². The van der Waals surface area contributed by atoms with E-state index in [-0.39, 0.29) is 0 Å². The van der Waals surface area contributed by atoms with E-state index in [1.807, 2.05) is 6.92 Å². The number of methoxy groups -OCH3 is 1. The minimum Gasteiger partial charge on any atom is -0.386 e. The molecule has 0 aromatic carbocycles. The Hall–Kier alpha value is -0.380. The Morgan fingerprint density at radius 1 is 1.44 bits per heavy atom. The monoisotopic (exact) mass is 227 g/mol. The molecule has 0 aliphatic heterocycles. The van der Waals surface area contributed by atoms with Gasteiger partial charge >= 0.3 is 0 Å². The lowest BCUT2D eigenvalue weighted by Crippen LogP contribution is -2.33. The number of nitrogens with one attached hydrogen (secondary N) is 1. The standard InChI is InChI=1S/C13H25NO2/c1-13(15,8-9-14-10-11-16-2)12-6-4-3-5-7-12/h6,14-15H,3-5,7-11H2,1-2H3. The van der Waals surface area contributed by atoms with E-state index in [4.69, 9.17) is 4.74 Å². The van der Waals surface area contributed by atoms with Gasteiger partial charge in [-0.1, -0.05) is 6.08 Å². The predicted molar refractivity (Wildman–Crippen MR) is 66.5 cm³/mol. The Labute approximate surface area is 98.9 Å². The molecule has 0 amide bonds. The fraction of sp³-hybridized carbons (Fsp3) is 0.846. The Kier molecular flexibility index (Phi) is 6.03. The van der Waals surface area contributed by atoms with Crippen LogP contribution in [0.3, 0.4) is 0 Å². The van der Waals surface area contributed by atoms with Crippen LogP contribution in [0.1, 0.15) is 39.0 Å². The van der Waals surface area contributed by atoms with Crippen LogP contribution in [-0.2, 0) is 4.74 Å². The second kappa shape index (κ2) is 7.05. The van der Waals surface area contributed by atoms with Crippen LogP contribution in [0.2, 0.25) is 0 Å². The van der Waals surface area contributed by atoms with E-state index < -0.39 is 5.60 Å². The van der Waals surface area contributed by atoms with Crippen LogP contribution in [0.5, 0.6) is 0 Å². The van der Waals surface area contributed by atoms with Crippen molar-refractivity contribution < 1.29 is 9.84 Å². The van der Waals surface area contributed by atoms with E-state index in [2.05, 4.69) is 11.4 Å². The third kappa shape index (κ3) is 4.64. The van der Waals surface area contributed by atoms with Crippen LogP contribution in [0, 0.1) is 0 Å². The smallest absolute Gasteiger partial charge is 0.0840 e. The Balaban J connectivity index is 2.25. The Morgan fingerprint density at radius 3 is 2.88 bits per heavy atom. The number of ether oxygens (including phenoxy) is 1. The summed E-state index contributed by atoms with van der Waals surface area (Å²) in [4.78, 5) is 0. The molecule has 2 N–H and O–H groups in total. The molecule has 3 heteroatoms. The van der Waals surface area contributed by atoms with Crippen LogP contribution >= 0.6 is 0 Å². The van der Waals surface area contributed by atoms with Gasteiger partial charge in [0.15, 0.2) is 0 Å². The van der Waals surface area contributed by atoms with Gasteiger partial charge in [-0.25, -0.2) is 0 Å². The van der Waals surface area contributed by atoms with Gasteiger partial charge in [0.2, 0.25) is 0 Å². The second-order valence-corrected chi connectivity index (χ2v) is 4.74. The number of hydrogen-bond acceptors (Lipinski definition) is 3. The lowest BCUT2D eigenvalue weighted by molar-refractivity contribution is 0.0827. The van der Waals surface area contributed by atoms with E-state index in [9.17, 15) is 5.11 Å². The van der Waals surface area contributed by atoms with Gasteiger partial charge in [0, 0.05) is 13.7 Å². The summed E-state index contributed by atoms with van der Waals surface area (Å²) < 4.78 is 4.95. The zero-order valence-corrected chi connectivity index (χ0v) is 10.6. The molecule has 0 spiro atoms. The highest BCUT2D eigenvalue weighted by atomic mass is 16.5. The summed E-state index contributed by atoms with van der Waals surface area (Å²) in [5.41, 5.74) is 0.604. The molecular formula is C13H25NO2. The maximum absolute atomic E-state index is 10.4. The summed E-state index contributed by atoms with van der Waals surface area (Å²) in [5, 5.41) is 13.6. The van der Waals surface area contributed by atoms with Gasteiger partial charge in [-0.15, -0.1) is 0 Å². The molecular weight excluding hydrogens is 202 g/mol. The molecule has 1 unspecified atom stereocenters. The van der Waals surface area contributed by atoms with Crippen molar-refractivity contribution in [3.63, 3.8) is 0 Å². The average Bonchev–Trinajstić information content (AvgIpc) is 2.30. The van der Waals surface area contributed by atoms with Gasteiger partial charge in [-0.05, 0) is 51.1 Å². The van der Waals surface area contributed by atoms with Gasteiger partial charge in [0.25, 0.3) is 0 Å². The van der Waals surface area contributed by atoms with Gasteiger partial charge in [0.1, 0.15) is 0 Å². The molecule has 1 aliphatic rings. The molecule has 0 saturated heterocycles. The largest absolute Gasteiger partial charge is 0.386 e. The summed E-state index contributed by atoms with van der Waals surface area (Å²) >= 11 is 0. The fourth-order valence-corrected chi connectivity index (χ4v) is 2.12. The van der Waals surface area contributed by atoms with Gasteiger partial charge in [-0.3, -0.25) is 0 Å². The summed E-state index contributed by atoms with van der Waals surface area (Å²) in [5.74, 6) is 0. The third-order valence-corrected chi connectivity index (χ3v) is 3.25. The normalized spacial score (nSPS) is 20.3. The van der Waals surface area contributed by atoms with Crippen LogP contribution < -0.4 is 5.32 Å². The molecule has 0 aromatic rings. The molecule has 0 radical (unpaired) electrons. The van der Waals surface area contributed by atoms with Crippen molar-refractivity contribution in [2.75, 3.05) is 26.8 Å². The molecule has 16 heavy (non-hydrogen) atoms. The highest BCUT2D eigenvalue weighted by Crippen LogP contribution is 2.29. The van der Waals surface area contributed by atoms with E-state index in [1.54, 1.807) is 7.11 Å². The average molecular weight is 227 g/mol. The first-order valence-corrected chi connectivity index (χ1v) is 6.28. The van der Waals surface area contributed by atoms with Crippen molar-refractivity contribution in [3.05, 3.63) is 11.6 Å². The summed E-state index contributed by atoms with van der Waals surface area (Å²) in [6.07, 6.45) is 7.68. The number of hydrogen-bond donors (Lipinski definition) is 2. The minimum absolute atomic E-state index is 0.625. The lowest BCUT2D eigenvalue weighted by atomic mass is 9.85. The summed E-state index contributed by atoms with van der Waals surface area (Å²) in [6.45, 7) is 4.35. The summed E-state index contributed by atoms with van der Waals surface area (Å²) in [6, 6.07) is 0. The maximum Gasteiger partial charge on any atom is 0.0840 e. The van der Waals surface area contributed by atoms with Crippen LogP contribution in [-0.4, -0.2) is 37.5 Å². The molecule has 0 saturated carbocycles. The number of rotatable bonds is 7. The van der Waals surface area contributed by atoms with Crippen LogP contribution in [0.15, 0.2) is 11.6 Å². The zero-order chi connectivity index (χ0) is 11.9. The van der Waals surface area contributed by atoms with Crippen molar-refractivity contribution in [3.8, 4) is 0 Å². The van der Waals surface area contributed by atoms with Gasteiger partial charge in [-0.2, -0.15) is 0 Å². The molecule has 0 fully saturated rings. The molecule has 0 aromatic heterocycles.